The van der Waals surface area contributed by atoms with Crippen LogP contribution in [-0.4, -0.2) is 25.1 Å². The number of aromatic nitrogens is 1. The summed E-state index contributed by atoms with van der Waals surface area (Å²) < 4.78 is 10.7. The number of hydrogen-bond acceptors (Lipinski definition) is 5. The number of methoxy groups -OCH3 is 2. The molecular weight excluding hydrogens is 348 g/mol. The van der Waals surface area contributed by atoms with Gasteiger partial charge < -0.3 is 14.8 Å². The van der Waals surface area contributed by atoms with Gasteiger partial charge in [0.25, 0.3) is 0 Å². The maximum absolute atomic E-state index is 12.2. The minimum atomic E-state index is -0.0487. The van der Waals surface area contributed by atoms with Crippen molar-refractivity contribution in [3.63, 3.8) is 0 Å². The zero-order valence-electron chi connectivity index (χ0n) is 14.7. The van der Waals surface area contributed by atoms with Crippen molar-refractivity contribution in [1.29, 1.82) is 0 Å². The molecule has 0 aliphatic carbocycles. The van der Waals surface area contributed by atoms with E-state index in [1.54, 1.807) is 14.2 Å². The second kappa shape index (κ2) is 8.49. The van der Waals surface area contributed by atoms with Crippen molar-refractivity contribution >= 4 is 17.2 Å². The molecule has 1 aromatic heterocycles. The van der Waals surface area contributed by atoms with Crippen LogP contribution in [0.15, 0.2) is 53.9 Å². The van der Waals surface area contributed by atoms with Gasteiger partial charge in [0.15, 0.2) is 0 Å². The summed E-state index contributed by atoms with van der Waals surface area (Å²) in [7, 11) is 3.24. The molecule has 5 nitrogen and oxygen atoms in total. The van der Waals surface area contributed by atoms with Crippen LogP contribution in [0.5, 0.6) is 11.5 Å². The molecule has 0 bridgehead atoms. The van der Waals surface area contributed by atoms with Gasteiger partial charge in [-0.2, -0.15) is 0 Å². The number of benzene rings is 2. The predicted octanol–water partition coefficient (Wildman–Crippen LogP) is 3.69. The number of thiazole rings is 1. The highest BCUT2D eigenvalue weighted by Gasteiger charge is 2.13. The van der Waals surface area contributed by atoms with Crippen LogP contribution in [0.25, 0.3) is 11.3 Å². The lowest BCUT2D eigenvalue weighted by Crippen LogP contribution is -2.24. The van der Waals surface area contributed by atoms with Crippen molar-refractivity contribution in [2.45, 2.75) is 13.0 Å². The summed E-state index contributed by atoms with van der Waals surface area (Å²) in [4.78, 5) is 16.7. The van der Waals surface area contributed by atoms with E-state index in [0.29, 0.717) is 6.54 Å². The molecule has 2 aromatic carbocycles. The lowest BCUT2D eigenvalue weighted by Gasteiger charge is -2.08. The zero-order chi connectivity index (χ0) is 18.4. The summed E-state index contributed by atoms with van der Waals surface area (Å²) in [6, 6.07) is 15.4. The molecule has 6 heteroatoms. The van der Waals surface area contributed by atoms with Crippen LogP contribution in [0.1, 0.15) is 10.6 Å². The zero-order valence-corrected chi connectivity index (χ0v) is 15.5. The fourth-order valence-electron chi connectivity index (χ4n) is 2.53. The molecule has 0 radical (unpaired) electrons. The third-order valence-electron chi connectivity index (χ3n) is 3.88. The third-order valence-corrected chi connectivity index (χ3v) is 4.73. The molecule has 3 aromatic rings. The van der Waals surface area contributed by atoms with Crippen molar-refractivity contribution in [1.82, 2.24) is 10.3 Å². The first-order valence-corrected chi connectivity index (χ1v) is 9.05. The number of amides is 1. The Morgan fingerprint density at radius 1 is 1.12 bits per heavy atom. The number of carbonyl (C=O) groups excluding carboxylic acids is 1. The molecule has 26 heavy (non-hydrogen) atoms. The fourth-order valence-corrected chi connectivity index (χ4v) is 3.32. The Morgan fingerprint density at radius 2 is 1.92 bits per heavy atom. The fraction of sp³-hybridized carbons (Fsp3) is 0.200. The molecule has 0 aliphatic rings. The Labute approximate surface area is 156 Å². The Morgan fingerprint density at radius 3 is 2.65 bits per heavy atom. The first kappa shape index (κ1) is 17.9. The van der Waals surface area contributed by atoms with Gasteiger partial charge in [0, 0.05) is 17.5 Å². The van der Waals surface area contributed by atoms with Gasteiger partial charge in [-0.3, -0.25) is 4.79 Å². The van der Waals surface area contributed by atoms with E-state index in [2.05, 4.69) is 10.3 Å². The van der Waals surface area contributed by atoms with Crippen molar-refractivity contribution in [2.24, 2.45) is 0 Å². The SMILES string of the molecule is COc1ccc(OC)c(-c2csc(CC(=O)NCc3ccccc3)n2)c1. The highest BCUT2D eigenvalue weighted by Crippen LogP contribution is 2.34. The Balaban J connectivity index is 1.67. The van der Waals surface area contributed by atoms with Crippen LogP contribution in [-0.2, 0) is 17.8 Å². The van der Waals surface area contributed by atoms with Gasteiger partial charge in [-0.05, 0) is 23.8 Å². The summed E-state index contributed by atoms with van der Waals surface area (Å²) >= 11 is 1.46. The molecule has 1 N–H and O–H groups in total. The Hall–Kier alpha value is -2.86. The van der Waals surface area contributed by atoms with E-state index in [4.69, 9.17) is 9.47 Å². The van der Waals surface area contributed by atoms with E-state index in [-0.39, 0.29) is 12.3 Å². The third kappa shape index (κ3) is 4.40. The number of carbonyl (C=O) groups is 1. The number of ether oxygens (including phenoxy) is 2. The van der Waals surface area contributed by atoms with E-state index in [1.165, 1.54) is 11.3 Å². The molecule has 0 fully saturated rings. The maximum Gasteiger partial charge on any atom is 0.227 e. The summed E-state index contributed by atoms with van der Waals surface area (Å²) in [5.74, 6) is 1.40. The smallest absolute Gasteiger partial charge is 0.227 e. The van der Waals surface area contributed by atoms with E-state index in [9.17, 15) is 4.79 Å². The normalized spacial score (nSPS) is 10.4. The second-order valence-corrected chi connectivity index (χ2v) is 6.57. The highest BCUT2D eigenvalue weighted by molar-refractivity contribution is 7.10. The number of rotatable bonds is 7. The van der Waals surface area contributed by atoms with Gasteiger partial charge in [-0.1, -0.05) is 30.3 Å². The number of hydrogen-bond donors (Lipinski definition) is 1. The first-order valence-electron chi connectivity index (χ1n) is 8.17. The molecular formula is C20H20N2O3S. The van der Waals surface area contributed by atoms with Gasteiger partial charge in [0.05, 0.1) is 26.3 Å². The summed E-state index contributed by atoms with van der Waals surface area (Å²) in [5.41, 5.74) is 2.69. The highest BCUT2D eigenvalue weighted by atomic mass is 32.1. The Kier molecular flexibility index (Phi) is 5.86. The minimum absolute atomic E-state index is 0.0487. The lowest BCUT2D eigenvalue weighted by atomic mass is 10.1. The van der Waals surface area contributed by atoms with Crippen LogP contribution in [0.2, 0.25) is 0 Å². The first-order chi connectivity index (χ1) is 12.7. The van der Waals surface area contributed by atoms with Crippen molar-refractivity contribution in [2.75, 3.05) is 14.2 Å². The van der Waals surface area contributed by atoms with E-state index >= 15 is 0 Å². The summed E-state index contributed by atoms with van der Waals surface area (Å²) in [6.45, 7) is 0.515. The van der Waals surface area contributed by atoms with Crippen LogP contribution in [0, 0.1) is 0 Å². The molecule has 0 spiro atoms. The molecule has 134 valence electrons. The van der Waals surface area contributed by atoms with Gasteiger partial charge >= 0.3 is 0 Å². The van der Waals surface area contributed by atoms with Crippen LogP contribution < -0.4 is 14.8 Å². The van der Waals surface area contributed by atoms with Crippen LogP contribution in [0.4, 0.5) is 0 Å². The average molecular weight is 368 g/mol. The molecule has 3 rings (SSSR count). The lowest BCUT2D eigenvalue weighted by molar-refractivity contribution is -0.120. The average Bonchev–Trinajstić information content (AvgIpc) is 3.15. The van der Waals surface area contributed by atoms with E-state index in [1.807, 2.05) is 53.9 Å². The number of nitrogens with one attached hydrogen (secondary N) is 1. The molecule has 0 unspecified atom stereocenters. The van der Waals surface area contributed by atoms with Crippen molar-refractivity contribution in [3.05, 3.63) is 64.5 Å². The standard InChI is InChI=1S/C20H20N2O3S/c1-24-15-8-9-18(25-2)16(10-15)17-13-26-20(22-17)11-19(23)21-12-14-6-4-3-5-7-14/h3-10,13H,11-12H2,1-2H3,(H,21,23). The van der Waals surface area contributed by atoms with Crippen LogP contribution >= 0.6 is 11.3 Å². The maximum atomic E-state index is 12.2. The molecule has 1 amide bonds. The summed E-state index contributed by atoms with van der Waals surface area (Å²) in [6.07, 6.45) is 0.254. The predicted molar refractivity (Wildman–Crippen MR) is 103 cm³/mol. The minimum Gasteiger partial charge on any atom is -0.497 e. The van der Waals surface area contributed by atoms with E-state index in [0.717, 1.165) is 33.3 Å². The van der Waals surface area contributed by atoms with Gasteiger partial charge in [-0.15, -0.1) is 11.3 Å². The molecule has 0 aliphatic heterocycles. The topological polar surface area (TPSA) is 60.5 Å². The number of nitrogens with zero attached hydrogens (tertiary/aromatic N) is 1. The summed E-state index contributed by atoms with van der Waals surface area (Å²) in [5, 5.41) is 5.61. The van der Waals surface area contributed by atoms with Gasteiger partial charge in [-0.25, -0.2) is 4.98 Å². The molecule has 0 atom stereocenters. The van der Waals surface area contributed by atoms with Crippen molar-refractivity contribution < 1.29 is 14.3 Å². The molecule has 0 saturated carbocycles. The van der Waals surface area contributed by atoms with E-state index < -0.39 is 0 Å². The molecule has 0 saturated heterocycles. The largest absolute Gasteiger partial charge is 0.497 e. The van der Waals surface area contributed by atoms with Gasteiger partial charge in [0.2, 0.25) is 5.91 Å². The van der Waals surface area contributed by atoms with Crippen LogP contribution in [0.3, 0.4) is 0 Å². The second-order valence-electron chi connectivity index (χ2n) is 5.63. The van der Waals surface area contributed by atoms with Crippen molar-refractivity contribution in [3.8, 4) is 22.8 Å². The van der Waals surface area contributed by atoms with Gasteiger partial charge in [0.1, 0.15) is 16.5 Å². The monoisotopic (exact) mass is 368 g/mol. The quantitative estimate of drug-likeness (QED) is 0.691. The molecule has 1 heterocycles. The Bertz CT molecular complexity index is 878.